The van der Waals surface area contributed by atoms with Gasteiger partial charge in [-0.3, -0.25) is 0 Å². The average molecular weight is 121 g/mol. The smallest absolute Gasteiger partial charge is 0.145 e. The van der Waals surface area contributed by atoms with Gasteiger partial charge in [-0.05, 0) is 0 Å². The van der Waals surface area contributed by atoms with Gasteiger partial charge in [-0.15, -0.1) is 8.60 Å². The minimum Gasteiger partial charge on any atom is -0.145 e. The Morgan fingerprint density at radius 1 is 1.38 bits per heavy atom. The first-order valence-corrected chi connectivity index (χ1v) is 5.54. The van der Waals surface area contributed by atoms with E-state index in [2.05, 4.69) is 6.92 Å². The number of hydrogen-bond donors (Lipinski definition) is 0. The van der Waals surface area contributed by atoms with Gasteiger partial charge in [0.05, 0.1) is 0 Å². The SMILES string of the molecule is [CH2][CH2][Mg][CH]1CCCC1. The van der Waals surface area contributed by atoms with Gasteiger partial charge in [-0.25, -0.2) is 0 Å². The first-order chi connectivity index (χ1) is 3.93. The van der Waals surface area contributed by atoms with Crippen LogP contribution in [0.4, 0.5) is 0 Å². The van der Waals surface area contributed by atoms with E-state index in [1.54, 1.807) is 12.8 Å². The molecule has 43 valence electrons. The summed E-state index contributed by atoms with van der Waals surface area (Å²) in [4.78, 5) is 0. The van der Waals surface area contributed by atoms with Gasteiger partial charge in [0.25, 0.3) is 0 Å². The molecule has 1 heteroatoms. The average Bonchev–Trinajstić information content (AvgIpc) is 2.19. The van der Waals surface area contributed by atoms with Crippen molar-refractivity contribution in [2.45, 2.75) is 34.3 Å². The minimum absolute atomic E-state index is 0.287. The summed E-state index contributed by atoms with van der Waals surface area (Å²) in [6.07, 6.45) is 6.11. The zero-order valence-electron chi connectivity index (χ0n) is 5.53. The number of hydrogen-bond acceptors (Lipinski definition) is 0. The molecule has 1 saturated carbocycles. The van der Waals surface area contributed by atoms with Crippen LogP contribution < -0.4 is 0 Å². The van der Waals surface area contributed by atoms with Crippen molar-refractivity contribution in [3.8, 4) is 0 Å². The summed E-state index contributed by atoms with van der Waals surface area (Å²) in [5, 5.41) is 0. The topological polar surface area (TPSA) is 0 Å². The molecule has 1 fully saturated rings. The fraction of sp³-hybridized carbons (Fsp3) is 0.857. The highest BCUT2D eigenvalue weighted by Gasteiger charge is 2.14. The first-order valence-electron chi connectivity index (χ1n) is 3.72. The minimum atomic E-state index is 0.287. The molecule has 0 heterocycles. The van der Waals surface area contributed by atoms with Gasteiger partial charge in [0.1, 0.15) is 0 Å². The molecule has 0 atom stereocenters. The molecule has 0 aromatic carbocycles. The Hall–Kier alpha value is 0.766. The molecule has 0 aliphatic heterocycles. The Balaban J connectivity index is 2.06. The third-order valence-electron chi connectivity index (χ3n) is 2.09. The lowest BCUT2D eigenvalue weighted by atomic mass is 10.4. The van der Waals surface area contributed by atoms with E-state index in [9.17, 15) is 0 Å². The maximum atomic E-state index is 3.91. The summed E-state index contributed by atoms with van der Waals surface area (Å²) < 4.78 is 2.47. The van der Waals surface area contributed by atoms with Gasteiger partial charge >= 0.3 is 20.4 Å². The van der Waals surface area contributed by atoms with Gasteiger partial charge in [-0.1, -0.05) is 32.6 Å². The molecule has 0 amide bonds. The summed E-state index contributed by atoms with van der Waals surface area (Å²) in [6, 6.07) is 0. The van der Waals surface area contributed by atoms with Crippen LogP contribution in [0.15, 0.2) is 0 Å². The van der Waals surface area contributed by atoms with E-state index in [0.29, 0.717) is 0 Å². The molecule has 1 aliphatic rings. The van der Waals surface area contributed by atoms with Crippen LogP contribution in [-0.4, -0.2) is 20.4 Å². The van der Waals surface area contributed by atoms with Crippen molar-refractivity contribution in [2.24, 2.45) is 0 Å². The van der Waals surface area contributed by atoms with Crippen LogP contribution in [0.3, 0.4) is 0 Å². The molecule has 1 radical (unpaired) electrons. The molecule has 0 saturated heterocycles. The van der Waals surface area contributed by atoms with Crippen molar-refractivity contribution in [1.29, 1.82) is 0 Å². The third kappa shape index (κ3) is 1.94. The zero-order chi connectivity index (χ0) is 5.82. The highest BCUT2D eigenvalue weighted by atomic mass is 24.5. The van der Waals surface area contributed by atoms with Crippen LogP contribution in [0.1, 0.15) is 25.7 Å². The maximum absolute atomic E-state index is 3.91. The Bertz CT molecular complexity index is 55.4. The van der Waals surface area contributed by atoms with E-state index in [4.69, 9.17) is 0 Å². The largest absolute Gasteiger partial charge is 0.368 e. The van der Waals surface area contributed by atoms with Gasteiger partial charge in [-0.2, -0.15) is 0 Å². The third-order valence-corrected chi connectivity index (χ3v) is 4.13. The lowest BCUT2D eigenvalue weighted by molar-refractivity contribution is 0.866. The van der Waals surface area contributed by atoms with Gasteiger partial charge in [0.15, 0.2) is 0 Å². The quantitative estimate of drug-likeness (QED) is 0.492. The second-order valence-corrected chi connectivity index (χ2v) is 5.23. The second-order valence-electron chi connectivity index (χ2n) is 2.79. The summed E-state index contributed by atoms with van der Waals surface area (Å²) in [7, 11) is 0. The van der Waals surface area contributed by atoms with E-state index in [1.165, 1.54) is 21.4 Å². The molecule has 0 aromatic rings. The van der Waals surface area contributed by atoms with Crippen LogP contribution >= 0.6 is 0 Å². The molecular formula is C7H13Mg. The molecule has 1 aliphatic carbocycles. The Morgan fingerprint density at radius 3 is 2.50 bits per heavy atom. The van der Waals surface area contributed by atoms with Crippen LogP contribution in [0.2, 0.25) is 8.60 Å². The van der Waals surface area contributed by atoms with E-state index in [0.717, 1.165) is 0 Å². The van der Waals surface area contributed by atoms with Crippen LogP contribution in [0.5, 0.6) is 0 Å². The molecule has 0 nitrogen and oxygen atoms in total. The molecule has 0 unspecified atom stereocenters. The van der Waals surface area contributed by atoms with Gasteiger partial charge in [0, 0.05) is 0 Å². The summed E-state index contributed by atoms with van der Waals surface area (Å²) in [5.41, 5.74) is 0. The van der Waals surface area contributed by atoms with E-state index in [1.807, 2.05) is 0 Å². The molecule has 0 spiro atoms. The summed E-state index contributed by atoms with van der Waals surface area (Å²) in [6.45, 7) is 3.91. The van der Waals surface area contributed by atoms with Crippen molar-refractivity contribution in [3.05, 3.63) is 6.92 Å². The van der Waals surface area contributed by atoms with Crippen LogP contribution in [-0.2, 0) is 0 Å². The molecule has 0 aromatic heterocycles. The second kappa shape index (κ2) is 3.73. The van der Waals surface area contributed by atoms with Crippen LogP contribution in [0, 0.1) is 6.92 Å². The highest BCUT2D eigenvalue weighted by molar-refractivity contribution is 6.37. The first kappa shape index (κ1) is 6.88. The molecule has 0 N–H and O–H groups in total. The molecule has 8 heavy (non-hydrogen) atoms. The predicted octanol–water partition coefficient (Wildman–Crippen LogP) is 2.31. The van der Waals surface area contributed by atoms with E-state index in [-0.39, 0.29) is 20.4 Å². The normalized spacial score (nSPS) is 21.1. The standard InChI is InChI=1S/C5H9.C2H4.Mg/c1-2-4-5-3-1;1-2;/h1H,2-5H2;1-2H2;. The highest BCUT2D eigenvalue weighted by Crippen LogP contribution is 2.29. The Labute approximate surface area is 61.8 Å². The van der Waals surface area contributed by atoms with Gasteiger partial charge in [0.2, 0.25) is 0 Å². The molecular weight excluding hydrogens is 108 g/mol. The van der Waals surface area contributed by atoms with Crippen molar-refractivity contribution in [3.63, 3.8) is 0 Å². The van der Waals surface area contributed by atoms with Crippen molar-refractivity contribution < 1.29 is 0 Å². The van der Waals surface area contributed by atoms with Crippen LogP contribution in [0.25, 0.3) is 0 Å². The predicted molar refractivity (Wildman–Crippen MR) is 38.1 cm³/mol. The van der Waals surface area contributed by atoms with Crippen molar-refractivity contribution >= 4 is 20.4 Å². The zero-order valence-corrected chi connectivity index (χ0v) is 6.94. The monoisotopic (exact) mass is 121 g/mol. The summed E-state index contributed by atoms with van der Waals surface area (Å²) in [5.74, 6) is 0. The lowest BCUT2D eigenvalue weighted by Crippen LogP contribution is -1.95. The van der Waals surface area contributed by atoms with Crippen molar-refractivity contribution in [2.75, 3.05) is 0 Å². The Morgan fingerprint density at radius 2 is 2.00 bits per heavy atom. The molecule has 0 bridgehead atoms. The lowest BCUT2D eigenvalue weighted by Gasteiger charge is -2.00. The summed E-state index contributed by atoms with van der Waals surface area (Å²) >= 11 is 0.287. The maximum Gasteiger partial charge on any atom is 0.368 e. The van der Waals surface area contributed by atoms with Crippen molar-refractivity contribution in [1.82, 2.24) is 0 Å². The van der Waals surface area contributed by atoms with Gasteiger partial charge < -0.3 is 0 Å². The Kier molecular flexibility index (Phi) is 3.21. The fourth-order valence-corrected chi connectivity index (χ4v) is 3.32. The molecule has 1 rings (SSSR count). The van der Waals surface area contributed by atoms with E-state index < -0.39 is 0 Å². The fourth-order valence-electron chi connectivity index (χ4n) is 1.59. The number of rotatable bonds is 2. The van der Waals surface area contributed by atoms with E-state index >= 15 is 0 Å².